The molecule has 6 heteroatoms. The van der Waals surface area contributed by atoms with Crippen LogP contribution in [0.2, 0.25) is 10.0 Å². The first-order valence-electron chi connectivity index (χ1n) is 8.83. The summed E-state index contributed by atoms with van der Waals surface area (Å²) in [5.74, 6) is -0.0232. The van der Waals surface area contributed by atoms with Crippen molar-refractivity contribution in [1.29, 1.82) is 0 Å². The zero-order chi connectivity index (χ0) is 17.6. The third-order valence-electron chi connectivity index (χ3n) is 5.23. The SMILES string of the molecule is O=C1C2=C(CCCC2)C(=O)N1c1cc(OC2CCCC2)c(Cl)cc1Cl. The number of imide groups is 1. The van der Waals surface area contributed by atoms with Crippen LogP contribution in [0.15, 0.2) is 23.3 Å². The van der Waals surface area contributed by atoms with Gasteiger partial charge in [0.15, 0.2) is 0 Å². The van der Waals surface area contributed by atoms with E-state index in [1.165, 1.54) is 4.90 Å². The Morgan fingerprint density at radius 3 is 2.08 bits per heavy atom. The summed E-state index contributed by atoms with van der Waals surface area (Å²) in [6, 6.07) is 3.19. The van der Waals surface area contributed by atoms with Gasteiger partial charge in [-0.05, 0) is 57.4 Å². The fourth-order valence-corrected chi connectivity index (χ4v) is 4.44. The fourth-order valence-electron chi connectivity index (χ4n) is 3.92. The highest BCUT2D eigenvalue weighted by Gasteiger charge is 2.40. The number of hydrogen-bond acceptors (Lipinski definition) is 3. The summed E-state index contributed by atoms with van der Waals surface area (Å²) >= 11 is 12.6. The number of rotatable bonds is 3. The number of carbonyl (C=O) groups excluding carboxylic acids is 2. The largest absolute Gasteiger partial charge is 0.489 e. The number of anilines is 1. The Balaban J connectivity index is 1.68. The fraction of sp³-hybridized carbons (Fsp3) is 0.474. The molecule has 1 heterocycles. The number of nitrogens with zero attached hydrogens (tertiary/aromatic N) is 1. The Hall–Kier alpha value is -1.52. The van der Waals surface area contributed by atoms with Gasteiger partial charge in [-0.25, -0.2) is 4.90 Å². The van der Waals surface area contributed by atoms with Gasteiger partial charge in [-0.15, -0.1) is 0 Å². The molecule has 2 aliphatic carbocycles. The van der Waals surface area contributed by atoms with E-state index in [9.17, 15) is 9.59 Å². The van der Waals surface area contributed by atoms with Crippen molar-refractivity contribution in [3.05, 3.63) is 33.3 Å². The standard InChI is InChI=1S/C19H19Cl2NO3/c20-14-9-15(21)17(25-11-5-1-2-6-11)10-16(14)22-18(23)12-7-3-4-8-13(12)19(22)24/h9-11H,1-8H2. The lowest BCUT2D eigenvalue weighted by Crippen LogP contribution is -2.31. The maximum absolute atomic E-state index is 12.8. The third kappa shape index (κ3) is 2.96. The third-order valence-corrected chi connectivity index (χ3v) is 5.83. The van der Waals surface area contributed by atoms with Crippen molar-refractivity contribution < 1.29 is 14.3 Å². The van der Waals surface area contributed by atoms with Gasteiger partial charge in [0.05, 0.1) is 21.8 Å². The lowest BCUT2D eigenvalue weighted by Gasteiger charge is -2.20. The van der Waals surface area contributed by atoms with Gasteiger partial charge in [0.1, 0.15) is 5.75 Å². The second-order valence-corrected chi connectivity index (χ2v) is 7.68. The van der Waals surface area contributed by atoms with Crippen LogP contribution in [0.5, 0.6) is 5.75 Å². The molecule has 25 heavy (non-hydrogen) atoms. The zero-order valence-corrected chi connectivity index (χ0v) is 15.3. The molecule has 1 aromatic carbocycles. The van der Waals surface area contributed by atoms with E-state index in [-0.39, 0.29) is 22.9 Å². The predicted molar refractivity (Wildman–Crippen MR) is 97.3 cm³/mol. The van der Waals surface area contributed by atoms with E-state index in [0.717, 1.165) is 38.5 Å². The van der Waals surface area contributed by atoms with Gasteiger partial charge in [-0.3, -0.25) is 9.59 Å². The van der Waals surface area contributed by atoms with Crippen LogP contribution in [0.25, 0.3) is 0 Å². The molecule has 2 amide bonds. The molecule has 0 spiro atoms. The summed E-state index contributed by atoms with van der Waals surface area (Å²) in [6.07, 6.45) is 7.59. The number of carbonyl (C=O) groups is 2. The molecule has 132 valence electrons. The summed E-state index contributed by atoms with van der Waals surface area (Å²) in [7, 11) is 0. The minimum atomic E-state index is -0.254. The van der Waals surface area contributed by atoms with E-state index >= 15 is 0 Å². The summed E-state index contributed by atoms with van der Waals surface area (Å²) in [5.41, 5.74) is 1.64. The predicted octanol–water partition coefficient (Wildman–Crippen LogP) is 5.06. The lowest BCUT2D eigenvalue weighted by atomic mass is 9.93. The number of ether oxygens (including phenoxy) is 1. The zero-order valence-electron chi connectivity index (χ0n) is 13.8. The van der Waals surface area contributed by atoms with Crippen LogP contribution in [0, 0.1) is 0 Å². The van der Waals surface area contributed by atoms with E-state index in [2.05, 4.69) is 0 Å². The molecular formula is C19H19Cl2NO3. The van der Waals surface area contributed by atoms with E-state index in [1.54, 1.807) is 12.1 Å². The monoisotopic (exact) mass is 379 g/mol. The molecule has 1 fully saturated rings. The summed E-state index contributed by atoms with van der Waals surface area (Å²) in [6.45, 7) is 0. The van der Waals surface area contributed by atoms with Gasteiger partial charge in [0, 0.05) is 17.2 Å². The molecule has 3 aliphatic rings. The molecule has 0 N–H and O–H groups in total. The van der Waals surface area contributed by atoms with Crippen LogP contribution in [-0.2, 0) is 9.59 Å². The molecule has 0 saturated heterocycles. The van der Waals surface area contributed by atoms with Crippen LogP contribution in [0.3, 0.4) is 0 Å². The Morgan fingerprint density at radius 1 is 0.880 bits per heavy atom. The summed E-state index contributed by atoms with van der Waals surface area (Å²) in [4.78, 5) is 26.7. The van der Waals surface area contributed by atoms with Crippen molar-refractivity contribution >= 4 is 40.7 Å². The Kier molecular flexibility index (Phi) is 4.50. The maximum atomic E-state index is 12.8. The van der Waals surface area contributed by atoms with Crippen molar-refractivity contribution in [2.75, 3.05) is 4.90 Å². The normalized spacial score (nSPS) is 21.3. The number of amides is 2. The van der Waals surface area contributed by atoms with Crippen LogP contribution in [-0.4, -0.2) is 17.9 Å². The Morgan fingerprint density at radius 2 is 1.48 bits per heavy atom. The van der Waals surface area contributed by atoms with E-state index < -0.39 is 0 Å². The highest BCUT2D eigenvalue weighted by Crippen LogP contribution is 2.42. The van der Waals surface area contributed by atoms with E-state index in [1.807, 2.05) is 0 Å². The second-order valence-electron chi connectivity index (χ2n) is 6.87. The van der Waals surface area contributed by atoms with Crippen molar-refractivity contribution in [2.45, 2.75) is 57.5 Å². The van der Waals surface area contributed by atoms with Crippen LogP contribution < -0.4 is 9.64 Å². The first-order valence-corrected chi connectivity index (χ1v) is 9.58. The Labute approximate surface area is 156 Å². The molecule has 0 aromatic heterocycles. The topological polar surface area (TPSA) is 46.6 Å². The number of hydrogen-bond donors (Lipinski definition) is 0. The molecule has 4 rings (SSSR count). The van der Waals surface area contributed by atoms with Gasteiger partial charge >= 0.3 is 0 Å². The van der Waals surface area contributed by atoms with Crippen molar-refractivity contribution in [1.82, 2.24) is 0 Å². The molecule has 4 nitrogen and oxygen atoms in total. The van der Waals surface area contributed by atoms with Gasteiger partial charge in [0.25, 0.3) is 11.8 Å². The maximum Gasteiger partial charge on any atom is 0.261 e. The highest BCUT2D eigenvalue weighted by atomic mass is 35.5. The molecule has 1 aromatic rings. The van der Waals surface area contributed by atoms with E-state index in [0.29, 0.717) is 40.4 Å². The van der Waals surface area contributed by atoms with Crippen molar-refractivity contribution in [3.63, 3.8) is 0 Å². The smallest absolute Gasteiger partial charge is 0.261 e. The Bertz CT molecular complexity index is 753. The summed E-state index contributed by atoms with van der Waals surface area (Å²) in [5, 5.41) is 0.683. The van der Waals surface area contributed by atoms with Crippen LogP contribution in [0.4, 0.5) is 5.69 Å². The van der Waals surface area contributed by atoms with Gasteiger partial charge in [0.2, 0.25) is 0 Å². The quantitative estimate of drug-likeness (QED) is 0.689. The van der Waals surface area contributed by atoms with Crippen LogP contribution >= 0.6 is 23.2 Å². The second kappa shape index (κ2) is 6.65. The molecule has 0 radical (unpaired) electrons. The van der Waals surface area contributed by atoms with Crippen molar-refractivity contribution in [3.8, 4) is 5.75 Å². The molecule has 1 aliphatic heterocycles. The first kappa shape index (κ1) is 16.9. The lowest BCUT2D eigenvalue weighted by molar-refractivity contribution is -0.120. The molecular weight excluding hydrogens is 361 g/mol. The molecule has 0 bridgehead atoms. The molecule has 1 saturated carbocycles. The minimum Gasteiger partial charge on any atom is -0.489 e. The van der Waals surface area contributed by atoms with Gasteiger partial charge in [-0.2, -0.15) is 0 Å². The average molecular weight is 380 g/mol. The van der Waals surface area contributed by atoms with Crippen molar-refractivity contribution in [2.24, 2.45) is 0 Å². The van der Waals surface area contributed by atoms with Crippen LogP contribution in [0.1, 0.15) is 51.4 Å². The van der Waals surface area contributed by atoms with Gasteiger partial charge in [-0.1, -0.05) is 23.2 Å². The molecule has 0 unspecified atom stereocenters. The molecule has 0 atom stereocenters. The highest BCUT2D eigenvalue weighted by molar-refractivity contribution is 6.41. The number of benzene rings is 1. The summed E-state index contributed by atoms with van der Waals surface area (Å²) < 4.78 is 6.00. The van der Waals surface area contributed by atoms with Gasteiger partial charge < -0.3 is 4.74 Å². The average Bonchev–Trinajstić information content (AvgIpc) is 3.19. The number of halogens is 2. The van der Waals surface area contributed by atoms with E-state index in [4.69, 9.17) is 27.9 Å². The minimum absolute atomic E-state index is 0.128. The first-order chi connectivity index (χ1) is 12.1.